The van der Waals surface area contributed by atoms with Crippen molar-refractivity contribution in [3.63, 3.8) is 0 Å². The van der Waals surface area contributed by atoms with Gasteiger partial charge >= 0.3 is 6.18 Å². The Bertz CT molecular complexity index is 797. The smallest absolute Gasteiger partial charge is 0.322 e. The van der Waals surface area contributed by atoms with Gasteiger partial charge in [0.25, 0.3) is 5.56 Å². The van der Waals surface area contributed by atoms with Crippen molar-refractivity contribution in [3.8, 4) is 0 Å². The van der Waals surface area contributed by atoms with Crippen molar-refractivity contribution in [2.45, 2.75) is 19.6 Å². The Hall–Kier alpha value is -2.64. The first-order valence-corrected chi connectivity index (χ1v) is 6.51. The summed E-state index contributed by atoms with van der Waals surface area (Å²) in [5, 5.41) is 2.22. The van der Waals surface area contributed by atoms with Crippen LogP contribution in [0.2, 0.25) is 0 Å². The first kappa shape index (κ1) is 16.7. The number of aromatic nitrogens is 1. The van der Waals surface area contributed by atoms with Gasteiger partial charge in [-0.15, -0.1) is 0 Å². The van der Waals surface area contributed by atoms with E-state index in [0.717, 1.165) is 12.3 Å². The molecule has 0 bridgehead atoms. The number of amides is 1. The van der Waals surface area contributed by atoms with Crippen LogP contribution in [0.25, 0.3) is 0 Å². The molecular weight excluding hydrogens is 316 g/mol. The van der Waals surface area contributed by atoms with Crippen LogP contribution >= 0.6 is 0 Å². The molecule has 1 N–H and O–H groups in total. The lowest BCUT2D eigenvalue weighted by atomic mass is 10.2. The molecule has 0 radical (unpaired) electrons. The van der Waals surface area contributed by atoms with Crippen LogP contribution in [0.5, 0.6) is 0 Å². The van der Waals surface area contributed by atoms with Crippen LogP contribution in [-0.2, 0) is 17.5 Å². The highest BCUT2D eigenvalue weighted by atomic mass is 19.4. The Balaban J connectivity index is 2.20. The highest BCUT2D eigenvalue weighted by molar-refractivity contribution is 5.90. The van der Waals surface area contributed by atoms with Gasteiger partial charge in [-0.25, -0.2) is 4.39 Å². The van der Waals surface area contributed by atoms with Gasteiger partial charge < -0.3 is 9.88 Å². The summed E-state index contributed by atoms with van der Waals surface area (Å²) in [6, 6.07) is 5.75. The fraction of sp³-hybridized carbons (Fsp3) is 0.200. The number of anilines is 1. The van der Waals surface area contributed by atoms with E-state index in [-0.39, 0.29) is 5.69 Å². The molecule has 0 saturated carbocycles. The van der Waals surface area contributed by atoms with Gasteiger partial charge in [-0.3, -0.25) is 9.59 Å². The Morgan fingerprint density at radius 2 is 1.96 bits per heavy atom. The highest BCUT2D eigenvalue weighted by Gasteiger charge is 2.34. The lowest BCUT2D eigenvalue weighted by Gasteiger charge is -2.11. The number of pyridine rings is 1. The maximum absolute atomic E-state index is 13.6. The first-order valence-electron chi connectivity index (χ1n) is 6.51. The van der Waals surface area contributed by atoms with Crippen LogP contribution in [-0.4, -0.2) is 10.5 Å². The number of nitrogens with zero attached hydrogens (tertiary/aromatic N) is 1. The summed E-state index contributed by atoms with van der Waals surface area (Å²) in [7, 11) is 0. The normalized spacial score (nSPS) is 11.3. The molecule has 1 aromatic carbocycles. The maximum atomic E-state index is 13.6. The fourth-order valence-corrected chi connectivity index (χ4v) is 1.94. The number of rotatable bonds is 3. The van der Waals surface area contributed by atoms with Crippen molar-refractivity contribution in [2.75, 3.05) is 5.32 Å². The molecule has 8 heteroatoms. The van der Waals surface area contributed by atoms with E-state index in [9.17, 15) is 27.2 Å². The number of carbonyl (C=O) groups is 1. The molecule has 1 aromatic heterocycles. The Kier molecular flexibility index (Phi) is 4.53. The van der Waals surface area contributed by atoms with Crippen molar-refractivity contribution >= 4 is 11.6 Å². The second-order valence-corrected chi connectivity index (χ2v) is 4.88. The van der Waals surface area contributed by atoms with Crippen LogP contribution in [0.4, 0.5) is 23.2 Å². The highest BCUT2D eigenvalue weighted by Crippen LogP contribution is 2.26. The monoisotopic (exact) mass is 328 g/mol. The summed E-state index contributed by atoms with van der Waals surface area (Å²) in [5.74, 6) is -1.48. The molecule has 0 saturated heterocycles. The van der Waals surface area contributed by atoms with E-state index >= 15 is 0 Å². The minimum absolute atomic E-state index is 0.111. The van der Waals surface area contributed by atoms with Crippen LogP contribution in [0, 0.1) is 12.7 Å². The number of alkyl halides is 3. The van der Waals surface area contributed by atoms with Gasteiger partial charge in [0, 0.05) is 6.20 Å². The molecule has 0 unspecified atom stereocenters. The van der Waals surface area contributed by atoms with E-state index < -0.39 is 35.6 Å². The summed E-state index contributed by atoms with van der Waals surface area (Å²) in [6.45, 7) is 1.01. The molecule has 4 nitrogen and oxygen atoms in total. The average Bonchev–Trinajstić information content (AvgIpc) is 2.43. The van der Waals surface area contributed by atoms with E-state index in [1.165, 1.54) is 12.1 Å². The summed E-state index contributed by atoms with van der Waals surface area (Å²) in [5.41, 5.74) is -2.16. The zero-order chi connectivity index (χ0) is 17.2. The van der Waals surface area contributed by atoms with E-state index in [1.54, 1.807) is 13.0 Å². The van der Waals surface area contributed by atoms with Gasteiger partial charge in [-0.2, -0.15) is 13.2 Å². The summed E-state index contributed by atoms with van der Waals surface area (Å²) in [6.07, 6.45) is -3.75. The Labute approximate surface area is 128 Å². The number of halogens is 4. The molecule has 2 aromatic rings. The molecule has 0 aliphatic heterocycles. The molecule has 122 valence electrons. The quantitative estimate of drug-likeness (QED) is 0.881. The van der Waals surface area contributed by atoms with Gasteiger partial charge in [0.05, 0.1) is 5.69 Å². The second kappa shape index (κ2) is 6.23. The Morgan fingerprint density at radius 1 is 1.26 bits per heavy atom. The third-order valence-corrected chi connectivity index (χ3v) is 3.04. The number of hydrogen-bond acceptors (Lipinski definition) is 2. The second-order valence-electron chi connectivity index (χ2n) is 4.88. The molecule has 0 aliphatic carbocycles. The molecule has 1 amide bonds. The number of hydrogen-bond donors (Lipinski definition) is 1. The first-order chi connectivity index (χ1) is 10.7. The van der Waals surface area contributed by atoms with Crippen LogP contribution in [0.1, 0.15) is 11.1 Å². The van der Waals surface area contributed by atoms with E-state index in [4.69, 9.17) is 0 Å². The van der Waals surface area contributed by atoms with Crippen molar-refractivity contribution < 1.29 is 22.4 Å². The predicted octanol–water partition coefficient (Wildman–Crippen LogP) is 2.95. The third kappa shape index (κ3) is 3.97. The number of carbonyl (C=O) groups excluding carboxylic acids is 1. The van der Waals surface area contributed by atoms with Crippen LogP contribution < -0.4 is 10.9 Å². The SMILES string of the molecule is Cc1ccc(NC(=O)Cn2cccc(C(F)(F)F)c2=O)c(F)c1. The molecular formula is C15H12F4N2O2. The number of benzene rings is 1. The van der Waals surface area contributed by atoms with E-state index in [0.29, 0.717) is 16.2 Å². The molecule has 1 heterocycles. The number of nitrogens with one attached hydrogen (secondary N) is 1. The molecule has 0 fully saturated rings. The average molecular weight is 328 g/mol. The van der Waals surface area contributed by atoms with Crippen molar-refractivity contribution in [1.29, 1.82) is 0 Å². The largest absolute Gasteiger partial charge is 0.421 e. The van der Waals surface area contributed by atoms with Crippen LogP contribution in [0.15, 0.2) is 41.3 Å². The summed E-state index contributed by atoms with van der Waals surface area (Å²) >= 11 is 0. The minimum atomic E-state index is -4.81. The van der Waals surface area contributed by atoms with Crippen molar-refractivity contribution in [2.24, 2.45) is 0 Å². The summed E-state index contributed by atoms with van der Waals surface area (Å²) in [4.78, 5) is 23.5. The van der Waals surface area contributed by atoms with Gasteiger partial charge in [0.1, 0.15) is 17.9 Å². The van der Waals surface area contributed by atoms with Gasteiger partial charge in [0.2, 0.25) is 5.91 Å². The van der Waals surface area contributed by atoms with Crippen LogP contribution in [0.3, 0.4) is 0 Å². The molecule has 0 atom stereocenters. The summed E-state index contributed by atoms with van der Waals surface area (Å²) < 4.78 is 52.2. The molecule has 0 spiro atoms. The van der Waals surface area contributed by atoms with E-state index in [2.05, 4.69) is 5.32 Å². The lowest BCUT2D eigenvalue weighted by Crippen LogP contribution is -2.32. The topological polar surface area (TPSA) is 51.1 Å². The molecule has 2 rings (SSSR count). The minimum Gasteiger partial charge on any atom is -0.322 e. The zero-order valence-electron chi connectivity index (χ0n) is 11.9. The molecule has 0 aliphatic rings. The fourth-order valence-electron chi connectivity index (χ4n) is 1.94. The van der Waals surface area contributed by atoms with Gasteiger partial charge in [-0.05, 0) is 36.8 Å². The lowest BCUT2D eigenvalue weighted by molar-refractivity contribution is -0.139. The Morgan fingerprint density at radius 3 is 2.57 bits per heavy atom. The molecule has 23 heavy (non-hydrogen) atoms. The zero-order valence-corrected chi connectivity index (χ0v) is 11.9. The van der Waals surface area contributed by atoms with Crippen molar-refractivity contribution in [1.82, 2.24) is 4.57 Å². The standard InChI is InChI=1S/C15H12F4N2O2/c1-9-4-5-12(11(16)7-9)20-13(22)8-21-6-2-3-10(14(21)23)15(17,18)19/h2-7H,8H2,1H3,(H,20,22). The van der Waals surface area contributed by atoms with Gasteiger partial charge in [-0.1, -0.05) is 6.07 Å². The van der Waals surface area contributed by atoms with Gasteiger partial charge in [0.15, 0.2) is 0 Å². The van der Waals surface area contributed by atoms with Crippen molar-refractivity contribution in [3.05, 3.63) is 63.8 Å². The van der Waals surface area contributed by atoms with E-state index in [1.807, 2.05) is 0 Å². The third-order valence-electron chi connectivity index (χ3n) is 3.04. The maximum Gasteiger partial charge on any atom is 0.421 e. The predicted molar refractivity (Wildman–Crippen MR) is 75.5 cm³/mol. The number of aryl methyl sites for hydroxylation is 1.